The number of carbonyl (C=O) groups is 2. The molecular formula is C23H30ClN3O2S. The van der Waals surface area contributed by atoms with Gasteiger partial charge in [0.05, 0.1) is 15.9 Å². The molecule has 1 aromatic carbocycles. The number of halogens is 1. The molecule has 1 saturated heterocycles. The van der Waals surface area contributed by atoms with E-state index in [9.17, 15) is 9.59 Å². The molecule has 0 radical (unpaired) electrons. The van der Waals surface area contributed by atoms with Crippen LogP contribution < -0.4 is 10.6 Å². The molecule has 1 atom stereocenters. The number of hydrogen-bond acceptors (Lipinski definition) is 4. The molecule has 3 rings (SSSR count). The topological polar surface area (TPSA) is 61.4 Å². The van der Waals surface area contributed by atoms with Gasteiger partial charge in [-0.2, -0.15) is 0 Å². The van der Waals surface area contributed by atoms with Gasteiger partial charge in [-0.25, -0.2) is 0 Å². The van der Waals surface area contributed by atoms with Crippen LogP contribution in [0.2, 0.25) is 5.02 Å². The molecule has 1 aliphatic heterocycles. The second kappa shape index (κ2) is 9.50. The smallest absolute Gasteiger partial charge is 0.261 e. The van der Waals surface area contributed by atoms with E-state index in [1.54, 1.807) is 0 Å². The quantitative estimate of drug-likeness (QED) is 0.634. The van der Waals surface area contributed by atoms with Crippen molar-refractivity contribution in [2.45, 2.75) is 46.6 Å². The van der Waals surface area contributed by atoms with E-state index in [-0.39, 0.29) is 17.9 Å². The summed E-state index contributed by atoms with van der Waals surface area (Å²) in [6.07, 6.45) is 2.32. The molecule has 0 bridgehead atoms. The van der Waals surface area contributed by atoms with Crippen molar-refractivity contribution < 1.29 is 9.59 Å². The fourth-order valence-corrected chi connectivity index (χ4v) is 4.82. The van der Waals surface area contributed by atoms with E-state index in [1.165, 1.54) is 11.3 Å². The highest BCUT2D eigenvalue weighted by molar-refractivity contribution is 7.18. The van der Waals surface area contributed by atoms with E-state index >= 15 is 0 Å². The van der Waals surface area contributed by atoms with Crippen molar-refractivity contribution >= 4 is 39.8 Å². The van der Waals surface area contributed by atoms with Gasteiger partial charge < -0.3 is 10.6 Å². The third-order valence-electron chi connectivity index (χ3n) is 5.34. The summed E-state index contributed by atoms with van der Waals surface area (Å²) in [5.41, 5.74) is 1.41. The molecule has 5 nitrogen and oxygen atoms in total. The lowest BCUT2D eigenvalue weighted by Crippen LogP contribution is -2.36. The number of anilines is 1. The number of amides is 2. The Morgan fingerprint density at radius 2 is 1.87 bits per heavy atom. The minimum absolute atomic E-state index is 0.0467. The minimum Gasteiger partial charge on any atom is -0.349 e. The molecule has 162 valence electrons. The van der Waals surface area contributed by atoms with Crippen LogP contribution in [0.3, 0.4) is 0 Å². The summed E-state index contributed by atoms with van der Waals surface area (Å²) in [6, 6.07) is 9.75. The molecule has 0 spiro atoms. The van der Waals surface area contributed by atoms with Crippen LogP contribution in [0.4, 0.5) is 5.00 Å². The monoisotopic (exact) mass is 447 g/mol. The van der Waals surface area contributed by atoms with Crippen LogP contribution in [0.25, 0.3) is 0 Å². The highest BCUT2D eigenvalue weighted by atomic mass is 35.5. The van der Waals surface area contributed by atoms with Gasteiger partial charge in [-0.1, -0.05) is 50.6 Å². The summed E-state index contributed by atoms with van der Waals surface area (Å²) in [5.74, 6) is -0.187. The first-order chi connectivity index (χ1) is 14.2. The Morgan fingerprint density at radius 3 is 2.50 bits per heavy atom. The summed E-state index contributed by atoms with van der Waals surface area (Å²) in [5, 5.41) is 7.43. The van der Waals surface area contributed by atoms with Gasteiger partial charge in [-0.05, 0) is 56.1 Å². The summed E-state index contributed by atoms with van der Waals surface area (Å²) < 4.78 is 0. The average molecular weight is 448 g/mol. The van der Waals surface area contributed by atoms with Crippen LogP contribution in [-0.4, -0.2) is 36.3 Å². The maximum absolute atomic E-state index is 12.9. The molecule has 1 aromatic heterocycles. The van der Waals surface area contributed by atoms with Gasteiger partial charge in [0.25, 0.3) is 5.91 Å². The van der Waals surface area contributed by atoms with Crippen LogP contribution >= 0.6 is 22.9 Å². The zero-order valence-corrected chi connectivity index (χ0v) is 19.6. The van der Waals surface area contributed by atoms with Crippen molar-refractivity contribution in [3.63, 3.8) is 0 Å². The first-order valence-electron chi connectivity index (χ1n) is 10.4. The van der Waals surface area contributed by atoms with Crippen molar-refractivity contribution in [1.82, 2.24) is 10.2 Å². The van der Waals surface area contributed by atoms with E-state index < -0.39 is 5.41 Å². The number of likely N-dealkylation sites (tertiary alicyclic amines) is 1. The SMILES string of the molecule is Cc1cc(NC(=O)C(C)(C)C)sc1C(=O)NC[C@H](c1ccccc1Cl)N1CCCC1. The Balaban J connectivity index is 1.71. The predicted molar refractivity (Wildman–Crippen MR) is 124 cm³/mol. The van der Waals surface area contributed by atoms with Gasteiger partial charge in [0.15, 0.2) is 0 Å². The van der Waals surface area contributed by atoms with Gasteiger partial charge in [-0.15, -0.1) is 11.3 Å². The van der Waals surface area contributed by atoms with E-state index in [0.29, 0.717) is 16.4 Å². The summed E-state index contributed by atoms with van der Waals surface area (Å²) >= 11 is 7.78. The third-order valence-corrected chi connectivity index (χ3v) is 6.84. The average Bonchev–Trinajstić information content (AvgIpc) is 3.32. The molecule has 0 saturated carbocycles. The minimum atomic E-state index is -0.488. The number of carbonyl (C=O) groups excluding carboxylic acids is 2. The zero-order chi connectivity index (χ0) is 21.9. The molecule has 0 unspecified atom stereocenters. The normalized spacial score (nSPS) is 15.8. The number of aryl methyl sites for hydroxylation is 1. The van der Waals surface area contributed by atoms with Gasteiger partial charge in [0.1, 0.15) is 0 Å². The van der Waals surface area contributed by atoms with E-state index in [2.05, 4.69) is 15.5 Å². The van der Waals surface area contributed by atoms with Gasteiger partial charge in [0, 0.05) is 17.0 Å². The molecule has 0 aliphatic carbocycles. The third kappa shape index (κ3) is 5.42. The van der Waals surface area contributed by atoms with E-state index in [4.69, 9.17) is 11.6 Å². The molecule has 7 heteroatoms. The first-order valence-corrected chi connectivity index (χ1v) is 11.5. The lowest BCUT2D eigenvalue weighted by Gasteiger charge is -2.29. The van der Waals surface area contributed by atoms with Crippen LogP contribution in [0.1, 0.15) is 60.5 Å². The van der Waals surface area contributed by atoms with E-state index in [1.807, 2.05) is 58.0 Å². The van der Waals surface area contributed by atoms with E-state index in [0.717, 1.165) is 42.1 Å². The van der Waals surface area contributed by atoms with Crippen molar-refractivity contribution in [3.8, 4) is 0 Å². The van der Waals surface area contributed by atoms with Crippen molar-refractivity contribution in [2.75, 3.05) is 25.0 Å². The number of nitrogens with zero attached hydrogens (tertiary/aromatic N) is 1. The molecule has 1 aliphatic rings. The number of rotatable bonds is 6. The molecule has 1 fully saturated rings. The Bertz CT molecular complexity index is 913. The molecule has 30 heavy (non-hydrogen) atoms. The number of hydrogen-bond donors (Lipinski definition) is 2. The highest BCUT2D eigenvalue weighted by Gasteiger charge is 2.27. The number of benzene rings is 1. The fraction of sp³-hybridized carbons (Fsp3) is 0.478. The Morgan fingerprint density at radius 1 is 1.20 bits per heavy atom. The zero-order valence-electron chi connectivity index (χ0n) is 18.0. The van der Waals surface area contributed by atoms with Gasteiger partial charge in [-0.3, -0.25) is 14.5 Å². The Kier molecular flexibility index (Phi) is 7.22. The Hall–Kier alpha value is -1.89. The standard InChI is InChI=1S/C23H30ClN3O2S/c1-15-13-19(26-22(29)23(2,3)4)30-20(15)21(28)25-14-18(27-11-7-8-12-27)16-9-5-6-10-17(16)24/h5-6,9-10,13,18H,7-8,11-12,14H2,1-4H3,(H,25,28)(H,26,29)/t18-/m1/s1. The van der Waals surface area contributed by atoms with Crippen LogP contribution in [0.5, 0.6) is 0 Å². The summed E-state index contributed by atoms with van der Waals surface area (Å²) in [7, 11) is 0. The van der Waals surface area contributed by atoms with Crippen molar-refractivity contribution in [2.24, 2.45) is 5.41 Å². The van der Waals surface area contributed by atoms with Crippen molar-refractivity contribution in [1.29, 1.82) is 0 Å². The summed E-state index contributed by atoms with van der Waals surface area (Å²) in [6.45, 7) is 9.99. The number of thiophene rings is 1. The molecule has 2 N–H and O–H groups in total. The fourth-order valence-electron chi connectivity index (χ4n) is 3.57. The van der Waals surface area contributed by atoms with Crippen molar-refractivity contribution in [3.05, 3.63) is 51.4 Å². The van der Waals surface area contributed by atoms with Crippen LogP contribution in [0, 0.1) is 12.3 Å². The molecule has 2 heterocycles. The first kappa shape index (κ1) is 22.8. The maximum atomic E-state index is 12.9. The molecule has 2 aromatic rings. The lowest BCUT2D eigenvalue weighted by atomic mass is 9.96. The second-order valence-electron chi connectivity index (χ2n) is 8.82. The largest absolute Gasteiger partial charge is 0.349 e. The van der Waals surface area contributed by atoms with Crippen LogP contribution in [-0.2, 0) is 4.79 Å². The number of nitrogens with one attached hydrogen (secondary N) is 2. The Labute approximate surface area is 187 Å². The molecular weight excluding hydrogens is 418 g/mol. The van der Waals surface area contributed by atoms with Gasteiger partial charge >= 0.3 is 0 Å². The summed E-state index contributed by atoms with van der Waals surface area (Å²) in [4.78, 5) is 28.2. The van der Waals surface area contributed by atoms with Crippen LogP contribution in [0.15, 0.2) is 30.3 Å². The highest BCUT2D eigenvalue weighted by Crippen LogP contribution is 2.31. The lowest BCUT2D eigenvalue weighted by molar-refractivity contribution is -0.123. The predicted octanol–water partition coefficient (Wildman–Crippen LogP) is 5.26. The van der Waals surface area contributed by atoms with Gasteiger partial charge in [0.2, 0.25) is 5.91 Å². The molecule has 2 amide bonds. The maximum Gasteiger partial charge on any atom is 0.261 e. The second-order valence-corrected chi connectivity index (χ2v) is 10.3.